The van der Waals surface area contributed by atoms with Gasteiger partial charge in [-0.2, -0.15) is 0 Å². The lowest BCUT2D eigenvalue weighted by Gasteiger charge is -2.26. The van der Waals surface area contributed by atoms with Gasteiger partial charge in [0.2, 0.25) is 5.95 Å². The maximum atomic E-state index is 11.4. The summed E-state index contributed by atoms with van der Waals surface area (Å²) < 4.78 is 10.3. The van der Waals surface area contributed by atoms with Gasteiger partial charge in [-0.3, -0.25) is 10.7 Å². The number of guanidine groups is 1. The Balaban J connectivity index is 0.000000388. The van der Waals surface area contributed by atoms with Gasteiger partial charge >= 0.3 is 18.0 Å². The minimum atomic E-state index is -2.27. The Morgan fingerprint density at radius 1 is 1.08 bits per heavy atom. The largest absolute Gasteiger partial charge is 0.479 e. The fourth-order valence-corrected chi connectivity index (χ4v) is 2.80. The lowest BCUT2D eigenvalue weighted by Crippen LogP contribution is -2.39. The first-order chi connectivity index (χ1) is 17.1. The Bertz CT molecular complexity index is 1040. The second-order valence-electron chi connectivity index (χ2n) is 7.25. The molecule has 1 saturated heterocycles. The summed E-state index contributed by atoms with van der Waals surface area (Å²) in [6.07, 6.45) is -1.74. The highest BCUT2D eigenvalue weighted by molar-refractivity contribution is 5.90. The van der Waals surface area contributed by atoms with E-state index < -0.39 is 36.2 Å². The minimum absolute atomic E-state index is 0.0691. The van der Waals surface area contributed by atoms with E-state index in [-0.39, 0.29) is 6.61 Å². The number of benzene rings is 1. The van der Waals surface area contributed by atoms with Crippen molar-refractivity contribution in [3.8, 4) is 11.1 Å². The van der Waals surface area contributed by atoms with E-state index >= 15 is 0 Å². The van der Waals surface area contributed by atoms with Gasteiger partial charge in [-0.05, 0) is 17.2 Å². The van der Waals surface area contributed by atoms with E-state index in [1.54, 1.807) is 12.4 Å². The third kappa shape index (κ3) is 8.79. The van der Waals surface area contributed by atoms with Crippen molar-refractivity contribution in [3.63, 3.8) is 0 Å². The predicted octanol–water partition coefficient (Wildman–Crippen LogP) is -1.02. The summed E-state index contributed by atoms with van der Waals surface area (Å²) in [4.78, 5) is 41.9. The molecule has 0 aliphatic carbocycles. The number of ether oxygens (including phenoxy) is 2. The Hall–Kier alpha value is -4.34. The van der Waals surface area contributed by atoms with Crippen molar-refractivity contribution in [2.75, 3.05) is 31.2 Å². The summed E-state index contributed by atoms with van der Waals surface area (Å²) >= 11 is 0. The average molecular weight is 506 g/mol. The number of aliphatic carboxylic acids is 2. The van der Waals surface area contributed by atoms with Crippen LogP contribution >= 0.6 is 0 Å². The first-order valence-corrected chi connectivity index (χ1v) is 10.4. The second-order valence-corrected chi connectivity index (χ2v) is 7.25. The number of carboxylic acids is 2. The first kappa shape index (κ1) is 27.9. The number of aliphatic hydroxyl groups excluding tert-OH is 2. The molecule has 2 atom stereocenters. The van der Waals surface area contributed by atoms with Gasteiger partial charge < -0.3 is 40.5 Å². The number of amides is 1. The van der Waals surface area contributed by atoms with E-state index in [9.17, 15) is 14.4 Å². The lowest BCUT2D eigenvalue weighted by atomic mass is 10.1. The van der Waals surface area contributed by atoms with Crippen LogP contribution in [0.3, 0.4) is 0 Å². The number of aliphatic hydroxyl groups is 2. The van der Waals surface area contributed by atoms with Crippen LogP contribution in [-0.4, -0.2) is 92.9 Å². The molecule has 2 aromatic rings. The average Bonchev–Trinajstić information content (AvgIpc) is 2.87. The van der Waals surface area contributed by atoms with Crippen molar-refractivity contribution >= 4 is 29.9 Å². The number of rotatable bonds is 7. The van der Waals surface area contributed by atoms with Crippen LogP contribution in [0, 0.1) is 5.41 Å². The van der Waals surface area contributed by atoms with Crippen LogP contribution in [0.1, 0.15) is 5.56 Å². The molecule has 15 nitrogen and oxygen atoms in total. The van der Waals surface area contributed by atoms with E-state index in [4.69, 9.17) is 41.0 Å². The molecular formula is C21H26N6O9. The molecule has 2 heterocycles. The summed E-state index contributed by atoms with van der Waals surface area (Å²) in [5.41, 5.74) is 7.67. The van der Waals surface area contributed by atoms with Crippen molar-refractivity contribution in [2.24, 2.45) is 5.73 Å². The third-order valence-corrected chi connectivity index (χ3v) is 4.60. The topological polar surface area (TPSA) is 242 Å². The van der Waals surface area contributed by atoms with Crippen LogP contribution < -0.4 is 16.0 Å². The number of nitrogens with one attached hydrogen (secondary N) is 2. The van der Waals surface area contributed by atoms with Crippen LogP contribution in [0.4, 0.5) is 10.7 Å². The number of aromatic nitrogens is 2. The van der Waals surface area contributed by atoms with Gasteiger partial charge in [0.15, 0.2) is 18.2 Å². The van der Waals surface area contributed by atoms with Gasteiger partial charge in [0.1, 0.15) is 6.61 Å². The van der Waals surface area contributed by atoms with E-state index in [1.165, 1.54) is 0 Å². The molecule has 0 bridgehead atoms. The fraction of sp³-hybridized carbons (Fsp3) is 0.333. The molecule has 194 valence electrons. The quantitative estimate of drug-likeness (QED) is 0.176. The Morgan fingerprint density at radius 2 is 1.67 bits per heavy atom. The van der Waals surface area contributed by atoms with Crippen LogP contribution in [0.25, 0.3) is 11.1 Å². The lowest BCUT2D eigenvalue weighted by molar-refractivity contribution is -0.165. The van der Waals surface area contributed by atoms with Crippen molar-refractivity contribution in [1.29, 1.82) is 5.41 Å². The number of hydrogen-bond donors (Lipinski definition) is 7. The van der Waals surface area contributed by atoms with E-state index in [0.717, 1.165) is 29.8 Å². The van der Waals surface area contributed by atoms with Crippen LogP contribution in [0.15, 0.2) is 36.7 Å². The number of nitrogens with zero attached hydrogens (tertiary/aromatic N) is 3. The molecule has 15 heteroatoms. The van der Waals surface area contributed by atoms with Crippen LogP contribution in [0.2, 0.25) is 0 Å². The fourth-order valence-electron chi connectivity index (χ4n) is 2.80. The highest BCUT2D eigenvalue weighted by Crippen LogP contribution is 2.21. The highest BCUT2D eigenvalue weighted by atomic mass is 16.5. The number of hydrogen-bond acceptors (Lipinski definition) is 11. The molecule has 1 fully saturated rings. The molecule has 36 heavy (non-hydrogen) atoms. The number of carboxylic acid groups (broad SMARTS) is 2. The monoisotopic (exact) mass is 506 g/mol. The standard InChI is InChI=1S/C17H20N6O3.C4H6O6/c18-15(19)22-17(24)26-11-12-2-1-3-13(8-12)14-9-20-16(21-10-14)23-4-6-25-7-5-23;5-1(3(7)8)2(6)4(9)10/h1-3,8-10H,4-7,11H2,(H4,18,19,22,24);1-2,5-6H,(H,7,8)(H,9,10). The zero-order valence-electron chi connectivity index (χ0n) is 18.9. The van der Waals surface area contributed by atoms with Crippen molar-refractivity contribution < 1.29 is 44.3 Å². The van der Waals surface area contributed by atoms with Crippen molar-refractivity contribution in [2.45, 2.75) is 18.8 Å². The second kappa shape index (κ2) is 13.5. The molecule has 1 aromatic carbocycles. The summed E-state index contributed by atoms with van der Waals surface area (Å²) in [7, 11) is 0. The minimum Gasteiger partial charge on any atom is -0.479 e. The zero-order chi connectivity index (χ0) is 26.7. The molecule has 1 amide bonds. The Labute approximate surface area is 204 Å². The third-order valence-electron chi connectivity index (χ3n) is 4.60. The van der Waals surface area contributed by atoms with E-state index in [0.29, 0.717) is 19.2 Å². The number of alkyl carbamates (subject to hydrolysis) is 1. The van der Waals surface area contributed by atoms with Gasteiger partial charge in [0.05, 0.1) is 13.2 Å². The molecular weight excluding hydrogens is 480 g/mol. The first-order valence-electron chi connectivity index (χ1n) is 10.4. The number of carbonyl (C=O) groups excluding carboxylic acids is 1. The molecule has 0 saturated carbocycles. The highest BCUT2D eigenvalue weighted by Gasteiger charge is 2.29. The zero-order valence-corrected chi connectivity index (χ0v) is 18.9. The van der Waals surface area contributed by atoms with Gasteiger partial charge in [-0.1, -0.05) is 18.2 Å². The smallest absolute Gasteiger partial charge is 0.414 e. The van der Waals surface area contributed by atoms with Crippen molar-refractivity contribution in [3.05, 3.63) is 42.2 Å². The van der Waals surface area contributed by atoms with E-state index in [1.807, 2.05) is 24.3 Å². The number of anilines is 1. The van der Waals surface area contributed by atoms with E-state index in [2.05, 4.69) is 20.2 Å². The maximum absolute atomic E-state index is 11.4. The van der Waals surface area contributed by atoms with Gasteiger partial charge in [0.25, 0.3) is 0 Å². The summed E-state index contributed by atoms with van der Waals surface area (Å²) in [6, 6.07) is 7.54. The Morgan fingerprint density at radius 3 is 2.19 bits per heavy atom. The van der Waals surface area contributed by atoms with Crippen LogP contribution in [-0.2, 0) is 25.7 Å². The molecule has 1 aliphatic heterocycles. The SMILES string of the molecule is N=C(N)NC(=O)OCc1cccc(-c2cnc(N3CCOCC3)nc2)c1.O=C(O)C(O)C(O)C(=O)O. The summed E-state index contributed by atoms with van der Waals surface area (Å²) in [5, 5.41) is 41.6. The normalized spacial score (nSPS) is 14.4. The molecule has 8 N–H and O–H groups in total. The van der Waals surface area contributed by atoms with Gasteiger partial charge in [-0.15, -0.1) is 0 Å². The molecule has 0 spiro atoms. The number of morpholine rings is 1. The summed E-state index contributed by atoms with van der Waals surface area (Å²) in [5.74, 6) is -3.30. The predicted molar refractivity (Wildman–Crippen MR) is 123 cm³/mol. The Kier molecular flexibility index (Phi) is 10.5. The number of carbonyl (C=O) groups is 3. The molecule has 2 unspecified atom stereocenters. The molecule has 1 aromatic heterocycles. The maximum Gasteiger partial charge on any atom is 0.414 e. The molecule has 3 rings (SSSR count). The summed E-state index contributed by atoms with van der Waals surface area (Å²) in [6.45, 7) is 3.01. The van der Waals surface area contributed by atoms with Gasteiger partial charge in [-0.25, -0.2) is 24.4 Å². The number of nitrogens with two attached hydrogens (primary N) is 1. The van der Waals surface area contributed by atoms with Gasteiger partial charge in [0, 0.05) is 31.0 Å². The van der Waals surface area contributed by atoms with Crippen molar-refractivity contribution in [1.82, 2.24) is 15.3 Å². The molecule has 0 radical (unpaired) electrons. The van der Waals surface area contributed by atoms with Crippen LogP contribution in [0.5, 0.6) is 0 Å². The molecule has 1 aliphatic rings.